The maximum atomic E-state index is 12.5. The van der Waals surface area contributed by atoms with E-state index in [-0.39, 0.29) is 22.4 Å². The van der Waals surface area contributed by atoms with Crippen molar-refractivity contribution in [3.8, 4) is 5.75 Å². The molecular weight excluding hydrogens is 322 g/mol. The van der Waals surface area contributed by atoms with Gasteiger partial charge >= 0.3 is 5.78 Å². The Bertz CT molecular complexity index is 1140. The van der Waals surface area contributed by atoms with Crippen LogP contribution < -0.4 is 15.5 Å². The lowest BCUT2D eigenvalue weighted by Gasteiger charge is -2.04. The van der Waals surface area contributed by atoms with Crippen molar-refractivity contribution >= 4 is 33.7 Å². The van der Waals surface area contributed by atoms with Gasteiger partial charge in [-0.15, -0.1) is 0 Å². The van der Waals surface area contributed by atoms with Crippen molar-refractivity contribution in [1.29, 1.82) is 0 Å². The third kappa shape index (κ3) is 2.63. The number of methoxy groups -OCH3 is 1. The van der Waals surface area contributed by atoms with Crippen LogP contribution in [0.5, 0.6) is 5.75 Å². The van der Waals surface area contributed by atoms with E-state index < -0.39 is 5.91 Å². The summed E-state index contributed by atoms with van der Waals surface area (Å²) in [6, 6.07) is 15.1. The van der Waals surface area contributed by atoms with Gasteiger partial charge in [0.15, 0.2) is 5.76 Å². The van der Waals surface area contributed by atoms with Crippen molar-refractivity contribution in [3.05, 3.63) is 70.6 Å². The second-order valence-electron chi connectivity index (χ2n) is 5.42. The van der Waals surface area contributed by atoms with E-state index >= 15 is 0 Å². The van der Waals surface area contributed by atoms with Crippen LogP contribution in [0.25, 0.3) is 22.1 Å². The molecule has 0 fully saturated rings. The lowest BCUT2D eigenvalue weighted by atomic mass is 10.2. The number of fused-ring (bicyclic) bond motifs is 2. The summed E-state index contributed by atoms with van der Waals surface area (Å²) in [5.74, 6) is 0.244. The largest absolute Gasteiger partial charge is 0.497 e. The van der Waals surface area contributed by atoms with Crippen molar-refractivity contribution < 1.29 is 18.4 Å². The van der Waals surface area contributed by atoms with Gasteiger partial charge in [-0.05, 0) is 36.4 Å². The number of para-hydroxylation sites is 1. The maximum absolute atomic E-state index is 12.5. The Balaban J connectivity index is 1.71. The lowest BCUT2D eigenvalue weighted by molar-refractivity contribution is 0.0997. The van der Waals surface area contributed by atoms with Gasteiger partial charge in [-0.3, -0.25) is 9.59 Å². The molecule has 0 aliphatic rings. The van der Waals surface area contributed by atoms with Gasteiger partial charge < -0.3 is 18.9 Å². The van der Waals surface area contributed by atoms with Gasteiger partial charge in [0.05, 0.1) is 12.5 Å². The molecule has 6 heteroatoms. The molecule has 2 aromatic carbocycles. The zero-order valence-electron chi connectivity index (χ0n) is 13.2. The molecule has 4 rings (SSSR count). The molecule has 25 heavy (non-hydrogen) atoms. The van der Waals surface area contributed by atoms with E-state index in [2.05, 4.69) is 5.32 Å². The average molecular weight is 335 g/mol. The van der Waals surface area contributed by atoms with E-state index in [9.17, 15) is 9.59 Å². The van der Waals surface area contributed by atoms with Gasteiger partial charge in [0, 0.05) is 11.8 Å². The minimum atomic E-state index is -0.472. The number of anilines is 1. The fraction of sp³-hybridized carbons (Fsp3) is 0.0526. The molecule has 1 amide bonds. The highest BCUT2D eigenvalue weighted by Gasteiger charge is 2.17. The van der Waals surface area contributed by atoms with Crippen LogP contribution in [-0.2, 0) is 0 Å². The number of hydrogen-bond donors (Lipinski definition) is 1. The Morgan fingerprint density at radius 2 is 1.76 bits per heavy atom. The number of carbonyl (C=O) groups excluding carboxylic acids is 1. The zero-order chi connectivity index (χ0) is 17.4. The highest BCUT2D eigenvalue weighted by atomic mass is 16.5. The predicted molar refractivity (Wildman–Crippen MR) is 93.2 cm³/mol. The summed E-state index contributed by atoms with van der Waals surface area (Å²) in [5, 5.41) is 3.38. The molecule has 1 N–H and O–H groups in total. The van der Waals surface area contributed by atoms with Crippen LogP contribution >= 0.6 is 0 Å². The molecule has 0 unspecified atom stereocenters. The Hall–Kier alpha value is -3.54. The average Bonchev–Trinajstić information content (AvgIpc) is 3.07. The molecule has 2 heterocycles. The maximum Gasteiger partial charge on any atom is 0.302 e. The Morgan fingerprint density at radius 3 is 2.52 bits per heavy atom. The SMILES string of the molecule is COc1ccc(NC(=O)c2cc3c(=O)c4ccccc4oc3o2)cc1. The topological polar surface area (TPSA) is 81.7 Å². The number of rotatable bonds is 3. The van der Waals surface area contributed by atoms with E-state index in [1.54, 1.807) is 55.6 Å². The van der Waals surface area contributed by atoms with Gasteiger partial charge in [-0.2, -0.15) is 0 Å². The third-order valence-corrected chi connectivity index (χ3v) is 3.85. The molecule has 6 nitrogen and oxygen atoms in total. The second kappa shape index (κ2) is 5.83. The monoisotopic (exact) mass is 335 g/mol. The summed E-state index contributed by atoms with van der Waals surface area (Å²) in [6.07, 6.45) is 0. The minimum absolute atomic E-state index is 0.00183. The lowest BCUT2D eigenvalue weighted by Crippen LogP contribution is -2.10. The van der Waals surface area contributed by atoms with Crippen LogP contribution in [0.3, 0.4) is 0 Å². The molecule has 0 aliphatic heterocycles. The quantitative estimate of drug-likeness (QED) is 0.616. The number of furan rings is 1. The fourth-order valence-electron chi connectivity index (χ4n) is 2.58. The van der Waals surface area contributed by atoms with Crippen LogP contribution in [-0.4, -0.2) is 13.0 Å². The molecule has 2 aromatic heterocycles. The van der Waals surface area contributed by atoms with E-state index in [0.29, 0.717) is 22.4 Å². The smallest absolute Gasteiger partial charge is 0.302 e. The zero-order valence-corrected chi connectivity index (χ0v) is 13.2. The molecule has 0 spiro atoms. The number of hydrogen-bond acceptors (Lipinski definition) is 5. The van der Waals surface area contributed by atoms with Gasteiger partial charge in [0.1, 0.15) is 16.7 Å². The van der Waals surface area contributed by atoms with Crippen molar-refractivity contribution in [2.45, 2.75) is 0 Å². The summed E-state index contributed by atoms with van der Waals surface area (Å²) in [7, 11) is 1.57. The number of nitrogens with one attached hydrogen (secondary N) is 1. The molecule has 0 saturated carbocycles. The van der Waals surface area contributed by atoms with Crippen molar-refractivity contribution in [2.75, 3.05) is 12.4 Å². The van der Waals surface area contributed by atoms with Crippen LogP contribution in [0.2, 0.25) is 0 Å². The highest BCUT2D eigenvalue weighted by molar-refractivity contribution is 6.04. The van der Waals surface area contributed by atoms with Crippen molar-refractivity contribution in [2.24, 2.45) is 0 Å². The van der Waals surface area contributed by atoms with E-state index in [0.717, 1.165) is 0 Å². The number of benzene rings is 2. The van der Waals surface area contributed by atoms with Crippen LogP contribution in [0, 0.1) is 0 Å². The Labute approximate surface area is 141 Å². The molecule has 0 atom stereocenters. The van der Waals surface area contributed by atoms with Gasteiger partial charge in [0.2, 0.25) is 5.43 Å². The standard InChI is InChI=1S/C19H13NO5/c1-23-12-8-6-11(7-9-12)20-18(22)16-10-14-17(21)13-4-2-3-5-15(13)24-19(14)25-16/h2-10H,1H3,(H,20,22). The van der Waals surface area contributed by atoms with Crippen LogP contribution in [0.15, 0.2) is 68.2 Å². The van der Waals surface area contributed by atoms with Crippen molar-refractivity contribution in [3.63, 3.8) is 0 Å². The third-order valence-electron chi connectivity index (χ3n) is 3.85. The Morgan fingerprint density at radius 1 is 1.00 bits per heavy atom. The number of ether oxygens (including phenoxy) is 1. The first kappa shape index (κ1) is 15.0. The Kier molecular flexibility index (Phi) is 3.50. The summed E-state index contributed by atoms with van der Waals surface area (Å²) in [6.45, 7) is 0. The summed E-state index contributed by atoms with van der Waals surface area (Å²) >= 11 is 0. The normalized spacial score (nSPS) is 10.9. The predicted octanol–water partition coefficient (Wildman–Crippen LogP) is 3.80. The first-order valence-corrected chi connectivity index (χ1v) is 7.56. The van der Waals surface area contributed by atoms with Gasteiger partial charge in [-0.1, -0.05) is 12.1 Å². The minimum Gasteiger partial charge on any atom is -0.497 e. The number of amides is 1. The molecule has 0 bridgehead atoms. The van der Waals surface area contributed by atoms with Crippen molar-refractivity contribution in [1.82, 2.24) is 0 Å². The van der Waals surface area contributed by atoms with Crippen LogP contribution in [0.1, 0.15) is 10.6 Å². The summed E-state index contributed by atoms with van der Waals surface area (Å²) < 4.78 is 16.1. The van der Waals surface area contributed by atoms with Gasteiger partial charge in [0.25, 0.3) is 5.91 Å². The summed E-state index contributed by atoms with van der Waals surface area (Å²) in [5.41, 5.74) is 0.760. The first-order valence-electron chi connectivity index (χ1n) is 7.56. The second-order valence-corrected chi connectivity index (χ2v) is 5.42. The first-order chi connectivity index (χ1) is 12.2. The molecule has 0 radical (unpaired) electrons. The van der Waals surface area contributed by atoms with Gasteiger partial charge in [-0.25, -0.2) is 0 Å². The number of carbonyl (C=O) groups is 1. The highest BCUT2D eigenvalue weighted by Crippen LogP contribution is 2.23. The molecule has 4 aromatic rings. The molecule has 0 aliphatic carbocycles. The molecule has 0 saturated heterocycles. The van der Waals surface area contributed by atoms with E-state index in [1.165, 1.54) is 6.07 Å². The molecular formula is C19H13NO5. The summed E-state index contributed by atoms with van der Waals surface area (Å²) in [4.78, 5) is 24.9. The fourth-order valence-corrected chi connectivity index (χ4v) is 2.58. The van der Waals surface area contributed by atoms with Crippen LogP contribution in [0.4, 0.5) is 5.69 Å². The molecule has 124 valence electrons. The van der Waals surface area contributed by atoms with E-state index in [1.807, 2.05) is 0 Å². The van der Waals surface area contributed by atoms with E-state index in [4.69, 9.17) is 13.6 Å².